The molecule has 0 radical (unpaired) electrons. The molecule has 140 valence electrons. The number of nitrogens with zero attached hydrogens (tertiary/aromatic N) is 3. The molecular formula is C20H20ClN3O3. The lowest BCUT2D eigenvalue weighted by Gasteiger charge is -2.34. The topological polar surface area (TPSA) is 66.7 Å². The fraction of sp³-hybridized carbons (Fsp3) is 0.250. The van der Waals surface area contributed by atoms with Crippen LogP contribution in [0.25, 0.3) is 0 Å². The summed E-state index contributed by atoms with van der Waals surface area (Å²) in [6.07, 6.45) is 3.15. The van der Waals surface area contributed by atoms with Crippen molar-refractivity contribution in [2.24, 2.45) is 0 Å². The lowest BCUT2D eigenvalue weighted by atomic mass is 10.1. The standard InChI is InChI=1S/C20H20ClN3O3/c21-17-7-5-16(6-8-17)15-23-13-11-22(12-14-23)10-9-20(25)18-3-1-2-4-19(18)24(26)27/h1-10H,11-15H2/b10-9+. The third-order valence-electron chi connectivity index (χ3n) is 4.53. The van der Waals surface area contributed by atoms with Gasteiger partial charge in [0.15, 0.2) is 5.78 Å². The Bertz CT molecular complexity index is 844. The number of halogens is 1. The fourth-order valence-electron chi connectivity index (χ4n) is 3.02. The number of nitro groups is 1. The maximum absolute atomic E-state index is 12.3. The van der Waals surface area contributed by atoms with Crippen LogP contribution in [0.1, 0.15) is 15.9 Å². The van der Waals surface area contributed by atoms with Gasteiger partial charge in [-0.1, -0.05) is 35.9 Å². The Hall–Kier alpha value is -2.70. The van der Waals surface area contributed by atoms with Gasteiger partial charge >= 0.3 is 0 Å². The maximum Gasteiger partial charge on any atom is 0.280 e. The number of rotatable bonds is 6. The number of carbonyl (C=O) groups excluding carboxylic acids is 1. The van der Waals surface area contributed by atoms with Crippen molar-refractivity contribution < 1.29 is 9.72 Å². The first-order valence-electron chi connectivity index (χ1n) is 8.70. The second kappa shape index (κ2) is 8.79. The first kappa shape index (κ1) is 19.1. The minimum atomic E-state index is -0.531. The molecule has 0 amide bonds. The zero-order valence-corrected chi connectivity index (χ0v) is 15.5. The predicted octanol–water partition coefficient (Wildman–Crippen LogP) is 3.76. The molecule has 0 aromatic heterocycles. The normalized spacial score (nSPS) is 15.2. The maximum atomic E-state index is 12.3. The van der Waals surface area contributed by atoms with Gasteiger partial charge in [-0.3, -0.25) is 19.8 Å². The average Bonchev–Trinajstić information content (AvgIpc) is 2.69. The van der Waals surface area contributed by atoms with Gasteiger partial charge in [-0.2, -0.15) is 0 Å². The van der Waals surface area contributed by atoms with E-state index in [0.29, 0.717) is 0 Å². The zero-order valence-electron chi connectivity index (χ0n) is 14.8. The Morgan fingerprint density at radius 1 is 1.07 bits per heavy atom. The van der Waals surface area contributed by atoms with Crippen molar-refractivity contribution in [2.75, 3.05) is 26.2 Å². The van der Waals surface area contributed by atoms with Crippen molar-refractivity contribution in [2.45, 2.75) is 6.54 Å². The van der Waals surface area contributed by atoms with Gasteiger partial charge < -0.3 is 4.90 Å². The minimum absolute atomic E-state index is 0.111. The molecule has 1 heterocycles. The fourth-order valence-corrected chi connectivity index (χ4v) is 3.15. The van der Waals surface area contributed by atoms with E-state index in [1.54, 1.807) is 18.3 Å². The number of nitro benzene ring substituents is 1. The van der Waals surface area contributed by atoms with Crippen LogP contribution in [0.5, 0.6) is 0 Å². The van der Waals surface area contributed by atoms with Gasteiger partial charge in [0.1, 0.15) is 0 Å². The van der Waals surface area contributed by atoms with Crippen LogP contribution >= 0.6 is 11.6 Å². The van der Waals surface area contributed by atoms with E-state index in [4.69, 9.17) is 11.6 Å². The molecule has 1 saturated heterocycles. The molecular weight excluding hydrogens is 366 g/mol. The minimum Gasteiger partial charge on any atom is -0.375 e. The highest BCUT2D eigenvalue weighted by Crippen LogP contribution is 2.19. The van der Waals surface area contributed by atoms with Crippen molar-refractivity contribution in [3.63, 3.8) is 0 Å². The molecule has 1 fully saturated rings. The van der Waals surface area contributed by atoms with Crippen LogP contribution in [-0.2, 0) is 6.54 Å². The first-order valence-corrected chi connectivity index (χ1v) is 9.07. The van der Waals surface area contributed by atoms with Crippen LogP contribution in [0, 0.1) is 10.1 Å². The van der Waals surface area contributed by atoms with E-state index in [9.17, 15) is 14.9 Å². The van der Waals surface area contributed by atoms with Gasteiger partial charge in [-0.25, -0.2) is 0 Å². The van der Waals surface area contributed by atoms with Gasteiger partial charge in [0.25, 0.3) is 5.69 Å². The molecule has 1 aliphatic heterocycles. The third kappa shape index (κ3) is 5.15. The summed E-state index contributed by atoms with van der Waals surface area (Å²) in [4.78, 5) is 27.2. The quantitative estimate of drug-likeness (QED) is 0.328. The summed E-state index contributed by atoms with van der Waals surface area (Å²) in [5.74, 6) is -0.356. The zero-order chi connectivity index (χ0) is 19.2. The Kier molecular flexibility index (Phi) is 6.21. The van der Waals surface area contributed by atoms with Gasteiger partial charge in [0.2, 0.25) is 0 Å². The summed E-state index contributed by atoms with van der Waals surface area (Å²) >= 11 is 5.91. The van der Waals surface area contributed by atoms with E-state index >= 15 is 0 Å². The SMILES string of the molecule is O=C(/C=C/N1CCN(Cc2ccc(Cl)cc2)CC1)c1ccccc1[N+](=O)[O-]. The van der Waals surface area contributed by atoms with E-state index in [2.05, 4.69) is 9.80 Å². The molecule has 2 aromatic carbocycles. The summed E-state index contributed by atoms with van der Waals surface area (Å²) in [6.45, 7) is 4.23. The summed E-state index contributed by atoms with van der Waals surface area (Å²) in [5, 5.41) is 11.8. The third-order valence-corrected chi connectivity index (χ3v) is 4.78. The molecule has 2 aromatic rings. The van der Waals surface area contributed by atoms with Gasteiger partial charge in [0, 0.05) is 56.1 Å². The smallest absolute Gasteiger partial charge is 0.280 e. The van der Waals surface area contributed by atoms with E-state index in [1.165, 1.54) is 23.8 Å². The van der Waals surface area contributed by atoms with Crippen LogP contribution in [0.3, 0.4) is 0 Å². The van der Waals surface area contributed by atoms with Crippen molar-refractivity contribution in [3.8, 4) is 0 Å². The predicted molar refractivity (Wildman–Crippen MR) is 105 cm³/mol. The van der Waals surface area contributed by atoms with Crippen LogP contribution in [0.4, 0.5) is 5.69 Å². The van der Waals surface area contributed by atoms with Crippen molar-refractivity contribution in [1.82, 2.24) is 9.80 Å². The molecule has 0 saturated carbocycles. The number of hydrogen-bond acceptors (Lipinski definition) is 5. The van der Waals surface area contributed by atoms with Crippen molar-refractivity contribution in [1.29, 1.82) is 0 Å². The van der Waals surface area contributed by atoms with Crippen molar-refractivity contribution in [3.05, 3.63) is 87.1 Å². The number of carbonyl (C=O) groups is 1. The second-order valence-electron chi connectivity index (χ2n) is 6.39. The number of hydrogen-bond donors (Lipinski definition) is 0. The van der Waals surface area contributed by atoms with Crippen LogP contribution in [0.2, 0.25) is 5.02 Å². The Morgan fingerprint density at radius 2 is 1.74 bits per heavy atom. The Labute approximate surface area is 162 Å². The molecule has 0 spiro atoms. The molecule has 3 rings (SSSR count). The monoisotopic (exact) mass is 385 g/mol. The molecule has 27 heavy (non-hydrogen) atoms. The van der Waals surface area contributed by atoms with Gasteiger partial charge in [-0.05, 0) is 23.8 Å². The van der Waals surface area contributed by atoms with E-state index in [0.717, 1.165) is 37.7 Å². The lowest BCUT2D eigenvalue weighted by Crippen LogP contribution is -2.43. The van der Waals surface area contributed by atoms with Crippen LogP contribution < -0.4 is 0 Å². The van der Waals surface area contributed by atoms with Crippen LogP contribution in [-0.4, -0.2) is 46.7 Å². The van der Waals surface area contributed by atoms with E-state index < -0.39 is 4.92 Å². The molecule has 0 unspecified atom stereocenters. The molecule has 7 heteroatoms. The molecule has 0 N–H and O–H groups in total. The Morgan fingerprint density at radius 3 is 2.41 bits per heavy atom. The summed E-state index contributed by atoms with van der Waals surface area (Å²) in [5.41, 5.74) is 1.16. The molecule has 6 nitrogen and oxygen atoms in total. The molecule has 0 bridgehead atoms. The van der Waals surface area contributed by atoms with Gasteiger partial charge in [-0.15, -0.1) is 0 Å². The lowest BCUT2D eigenvalue weighted by molar-refractivity contribution is -0.385. The van der Waals surface area contributed by atoms with Crippen LogP contribution in [0.15, 0.2) is 60.8 Å². The van der Waals surface area contributed by atoms with E-state index in [-0.39, 0.29) is 17.0 Å². The number of piperazine rings is 1. The number of benzene rings is 2. The summed E-state index contributed by atoms with van der Waals surface area (Å²) in [7, 11) is 0. The molecule has 0 atom stereocenters. The number of para-hydroxylation sites is 1. The number of ketones is 1. The second-order valence-corrected chi connectivity index (χ2v) is 6.83. The van der Waals surface area contributed by atoms with E-state index in [1.807, 2.05) is 24.3 Å². The highest BCUT2D eigenvalue weighted by atomic mass is 35.5. The highest BCUT2D eigenvalue weighted by Gasteiger charge is 2.18. The molecule has 1 aliphatic rings. The Balaban J connectivity index is 1.53. The number of allylic oxidation sites excluding steroid dienone is 1. The summed E-state index contributed by atoms with van der Waals surface area (Å²) < 4.78 is 0. The van der Waals surface area contributed by atoms with Gasteiger partial charge in [0.05, 0.1) is 10.5 Å². The average molecular weight is 386 g/mol. The first-order chi connectivity index (χ1) is 13.0. The molecule has 0 aliphatic carbocycles. The summed E-state index contributed by atoms with van der Waals surface area (Å²) in [6, 6.07) is 13.8. The largest absolute Gasteiger partial charge is 0.375 e. The van der Waals surface area contributed by atoms with Crippen molar-refractivity contribution >= 4 is 23.1 Å². The highest BCUT2D eigenvalue weighted by molar-refractivity contribution is 6.30.